The van der Waals surface area contributed by atoms with Gasteiger partial charge in [0.25, 0.3) is 0 Å². The highest BCUT2D eigenvalue weighted by Crippen LogP contribution is 2.64. The number of nitrogens with zero attached hydrogens (tertiary/aromatic N) is 1. The molecule has 3 heterocycles. The second kappa shape index (κ2) is 10.1. The molecule has 0 radical (unpaired) electrons. The molecule has 3 aliphatic rings. The van der Waals surface area contributed by atoms with Gasteiger partial charge in [0.2, 0.25) is 17.7 Å². The standard InChI is InChI=1S/C26H37N3O6/c1-4-14-27-22(31)19-20-24(33)29(15-6-7-16-30)21(26(20)13-12-25(19,5-2)35-26)23(32)28-17-8-10-18(34-3)11-9-17/h8-11,19-21,30H,4-7,12-16H2,1-3H3,(H,27,31)(H,28,32)/t19-,20-,21?,25+,26?/m0/s1. The molecule has 9 nitrogen and oxygen atoms in total. The van der Waals surface area contributed by atoms with Crippen LogP contribution in [-0.2, 0) is 19.1 Å². The van der Waals surface area contributed by atoms with E-state index in [0.29, 0.717) is 56.6 Å². The fraction of sp³-hybridized carbons (Fsp3) is 0.654. The van der Waals surface area contributed by atoms with Crippen LogP contribution >= 0.6 is 0 Å². The summed E-state index contributed by atoms with van der Waals surface area (Å²) in [5.74, 6) is -1.35. The van der Waals surface area contributed by atoms with Crippen molar-refractivity contribution in [3.05, 3.63) is 24.3 Å². The molecule has 3 saturated heterocycles. The highest BCUT2D eigenvalue weighted by atomic mass is 16.5. The van der Waals surface area contributed by atoms with E-state index in [1.54, 1.807) is 36.3 Å². The Balaban J connectivity index is 1.68. The summed E-state index contributed by atoms with van der Waals surface area (Å²) in [7, 11) is 1.58. The van der Waals surface area contributed by atoms with Gasteiger partial charge in [-0.15, -0.1) is 0 Å². The van der Waals surface area contributed by atoms with Crippen LogP contribution in [-0.4, -0.2) is 71.8 Å². The average Bonchev–Trinajstić information content (AvgIpc) is 3.47. The Morgan fingerprint density at radius 3 is 2.54 bits per heavy atom. The SMILES string of the molecule is CCCNC(=O)[C@@H]1[C@H]2C(=O)N(CCCCO)C(C(=O)Nc3ccc(OC)cc3)C23CC[C@@]1(CC)O3. The summed E-state index contributed by atoms with van der Waals surface area (Å²) in [4.78, 5) is 42.5. The Hall–Kier alpha value is -2.65. The van der Waals surface area contributed by atoms with Gasteiger partial charge in [-0.25, -0.2) is 0 Å². The molecule has 2 bridgehead atoms. The Morgan fingerprint density at radius 1 is 1.17 bits per heavy atom. The first-order valence-electron chi connectivity index (χ1n) is 12.7. The molecule has 0 aliphatic carbocycles. The van der Waals surface area contributed by atoms with Crippen LogP contribution in [0.25, 0.3) is 0 Å². The van der Waals surface area contributed by atoms with Crippen molar-refractivity contribution in [1.82, 2.24) is 10.2 Å². The van der Waals surface area contributed by atoms with Crippen LogP contribution in [0, 0.1) is 11.8 Å². The molecule has 0 aromatic heterocycles. The van der Waals surface area contributed by atoms with Crippen LogP contribution in [0.4, 0.5) is 5.69 Å². The fourth-order valence-corrected chi connectivity index (χ4v) is 6.29. The maximum atomic E-state index is 13.9. The molecule has 0 saturated carbocycles. The van der Waals surface area contributed by atoms with Crippen LogP contribution < -0.4 is 15.4 Å². The average molecular weight is 488 g/mol. The maximum Gasteiger partial charge on any atom is 0.250 e. The summed E-state index contributed by atoms with van der Waals surface area (Å²) in [5.41, 5.74) is -1.20. The number of hydrogen-bond donors (Lipinski definition) is 3. The number of methoxy groups -OCH3 is 1. The number of benzene rings is 1. The van der Waals surface area contributed by atoms with Gasteiger partial charge in [0.05, 0.1) is 24.5 Å². The van der Waals surface area contributed by atoms with Crippen molar-refractivity contribution in [2.75, 3.05) is 32.1 Å². The number of aliphatic hydroxyl groups excluding tert-OH is 1. The van der Waals surface area contributed by atoms with E-state index in [0.717, 1.165) is 6.42 Å². The minimum absolute atomic E-state index is 0.0107. The van der Waals surface area contributed by atoms with Gasteiger partial charge in [0, 0.05) is 25.4 Å². The lowest BCUT2D eigenvalue weighted by molar-refractivity contribution is -0.146. The molecule has 35 heavy (non-hydrogen) atoms. The zero-order chi connectivity index (χ0) is 25.2. The number of unbranched alkanes of at least 4 members (excludes halogenated alkanes) is 1. The molecule has 4 rings (SSSR count). The molecule has 1 aromatic rings. The number of fused-ring (bicyclic) bond motifs is 1. The molecule has 2 unspecified atom stereocenters. The van der Waals surface area contributed by atoms with Gasteiger partial charge in [-0.2, -0.15) is 0 Å². The van der Waals surface area contributed by atoms with Crippen LogP contribution in [0.1, 0.15) is 52.4 Å². The number of rotatable bonds is 11. The highest BCUT2D eigenvalue weighted by molar-refractivity contribution is 6.03. The van der Waals surface area contributed by atoms with E-state index in [1.165, 1.54) is 0 Å². The maximum absolute atomic E-state index is 13.9. The number of nitrogens with one attached hydrogen (secondary N) is 2. The van der Waals surface area contributed by atoms with E-state index >= 15 is 0 Å². The van der Waals surface area contributed by atoms with Gasteiger partial charge >= 0.3 is 0 Å². The first-order chi connectivity index (χ1) is 16.9. The lowest BCUT2D eigenvalue weighted by Gasteiger charge is -2.34. The van der Waals surface area contributed by atoms with E-state index in [9.17, 15) is 19.5 Å². The zero-order valence-corrected chi connectivity index (χ0v) is 20.8. The predicted octanol–water partition coefficient (Wildman–Crippen LogP) is 2.09. The zero-order valence-electron chi connectivity index (χ0n) is 20.8. The van der Waals surface area contributed by atoms with Gasteiger partial charge in [-0.05, 0) is 62.8 Å². The Bertz CT molecular complexity index is 953. The molecule has 3 fully saturated rings. The third-order valence-electron chi connectivity index (χ3n) is 7.93. The highest BCUT2D eigenvalue weighted by Gasteiger charge is 2.78. The predicted molar refractivity (Wildman–Crippen MR) is 130 cm³/mol. The largest absolute Gasteiger partial charge is 0.497 e. The van der Waals surface area contributed by atoms with Gasteiger partial charge < -0.3 is 30.1 Å². The molecule has 1 spiro atoms. The van der Waals surface area contributed by atoms with Crippen molar-refractivity contribution in [1.29, 1.82) is 0 Å². The van der Waals surface area contributed by atoms with Crippen LogP contribution in [0.15, 0.2) is 24.3 Å². The summed E-state index contributed by atoms with van der Waals surface area (Å²) in [6.07, 6.45) is 3.65. The summed E-state index contributed by atoms with van der Waals surface area (Å²) >= 11 is 0. The molecule has 9 heteroatoms. The van der Waals surface area contributed by atoms with Crippen molar-refractivity contribution in [3.63, 3.8) is 0 Å². The normalized spacial score (nSPS) is 30.9. The Kier molecular flexibility index (Phi) is 7.38. The summed E-state index contributed by atoms with van der Waals surface area (Å²) < 4.78 is 11.9. The molecule has 192 valence electrons. The monoisotopic (exact) mass is 487 g/mol. The van der Waals surface area contributed by atoms with E-state index < -0.39 is 29.1 Å². The molecule has 5 atom stereocenters. The molecular weight excluding hydrogens is 450 g/mol. The smallest absolute Gasteiger partial charge is 0.250 e. The third-order valence-corrected chi connectivity index (χ3v) is 7.93. The summed E-state index contributed by atoms with van der Waals surface area (Å²) in [6, 6.07) is 6.17. The van der Waals surface area contributed by atoms with Crippen LogP contribution in [0.2, 0.25) is 0 Å². The van der Waals surface area contributed by atoms with Crippen molar-refractivity contribution >= 4 is 23.4 Å². The topological polar surface area (TPSA) is 117 Å². The van der Waals surface area contributed by atoms with Crippen molar-refractivity contribution in [3.8, 4) is 5.75 Å². The number of anilines is 1. The number of carbonyl (C=O) groups excluding carboxylic acids is 3. The van der Waals surface area contributed by atoms with Gasteiger partial charge in [-0.1, -0.05) is 13.8 Å². The van der Waals surface area contributed by atoms with Gasteiger partial charge in [-0.3, -0.25) is 14.4 Å². The molecule has 3 amide bonds. The minimum atomic E-state index is -1.04. The Morgan fingerprint density at radius 2 is 1.91 bits per heavy atom. The number of hydrogen-bond acceptors (Lipinski definition) is 6. The van der Waals surface area contributed by atoms with E-state index in [1.807, 2.05) is 13.8 Å². The number of amides is 3. The minimum Gasteiger partial charge on any atom is -0.497 e. The number of ether oxygens (including phenoxy) is 2. The fourth-order valence-electron chi connectivity index (χ4n) is 6.29. The number of carbonyl (C=O) groups is 3. The van der Waals surface area contributed by atoms with Gasteiger partial charge in [0.15, 0.2) is 0 Å². The lowest BCUT2D eigenvalue weighted by atomic mass is 9.65. The molecule has 3 N–H and O–H groups in total. The van der Waals surface area contributed by atoms with Crippen LogP contribution in [0.5, 0.6) is 5.75 Å². The molecular formula is C26H37N3O6. The number of aliphatic hydroxyl groups is 1. The third kappa shape index (κ3) is 4.18. The lowest BCUT2D eigenvalue weighted by Crippen LogP contribution is -2.53. The van der Waals surface area contributed by atoms with Crippen molar-refractivity contribution < 1.29 is 29.0 Å². The van der Waals surface area contributed by atoms with Crippen LogP contribution in [0.3, 0.4) is 0 Å². The first kappa shape index (κ1) is 25.4. The van der Waals surface area contributed by atoms with E-state index in [-0.39, 0.29) is 24.3 Å². The molecule has 1 aromatic carbocycles. The quantitative estimate of drug-likeness (QED) is 0.412. The van der Waals surface area contributed by atoms with E-state index in [4.69, 9.17) is 9.47 Å². The Labute approximate surface area is 206 Å². The van der Waals surface area contributed by atoms with E-state index in [2.05, 4.69) is 10.6 Å². The van der Waals surface area contributed by atoms with Gasteiger partial charge in [0.1, 0.15) is 17.4 Å². The first-order valence-corrected chi connectivity index (χ1v) is 12.7. The van der Waals surface area contributed by atoms with Crippen molar-refractivity contribution in [2.24, 2.45) is 11.8 Å². The molecule has 3 aliphatic heterocycles. The second-order valence-electron chi connectivity index (χ2n) is 9.80. The summed E-state index contributed by atoms with van der Waals surface area (Å²) in [5, 5.41) is 15.2. The number of likely N-dealkylation sites (tertiary alicyclic amines) is 1. The van der Waals surface area contributed by atoms with Crippen molar-refractivity contribution in [2.45, 2.75) is 69.6 Å². The second-order valence-corrected chi connectivity index (χ2v) is 9.80. The summed E-state index contributed by atoms with van der Waals surface area (Å²) in [6.45, 7) is 4.83.